The second kappa shape index (κ2) is 10.1. The van der Waals surface area contributed by atoms with Gasteiger partial charge in [-0.05, 0) is 48.2 Å². The fraction of sp³-hybridized carbons (Fsp3) is 0.269. The van der Waals surface area contributed by atoms with Gasteiger partial charge in [-0.3, -0.25) is 9.59 Å². The molecule has 1 amide bonds. The highest BCUT2D eigenvalue weighted by Gasteiger charge is 2.36. The maximum Gasteiger partial charge on any atom is 0.250 e. The SMILES string of the molecule is O=C(Nc1ccc(Br)cc1)[C@@H](SC(=S)N1C[C@H]2C[C@@H](C1)c1cccc(=O)n1C2)c1ccccc1. The molecule has 5 rings (SSSR count). The highest BCUT2D eigenvalue weighted by molar-refractivity contribution is 9.10. The van der Waals surface area contributed by atoms with E-state index in [-0.39, 0.29) is 17.4 Å². The lowest BCUT2D eigenvalue weighted by atomic mass is 9.83. The van der Waals surface area contributed by atoms with Crippen molar-refractivity contribution < 1.29 is 4.79 Å². The second-order valence-electron chi connectivity index (χ2n) is 8.77. The number of halogens is 1. The molecule has 174 valence electrons. The number of nitrogens with zero attached hydrogens (tertiary/aromatic N) is 2. The van der Waals surface area contributed by atoms with Crippen LogP contribution in [0, 0.1) is 5.92 Å². The second-order valence-corrected chi connectivity index (χ2v) is 11.4. The van der Waals surface area contributed by atoms with Crippen molar-refractivity contribution in [3.05, 3.63) is 98.9 Å². The Bertz CT molecular complexity index is 1260. The monoisotopic (exact) mass is 553 g/mol. The van der Waals surface area contributed by atoms with Crippen molar-refractivity contribution in [2.24, 2.45) is 5.92 Å². The van der Waals surface area contributed by atoms with Crippen molar-refractivity contribution in [2.45, 2.75) is 24.1 Å². The molecule has 0 aliphatic carbocycles. The van der Waals surface area contributed by atoms with Gasteiger partial charge in [0.15, 0.2) is 0 Å². The van der Waals surface area contributed by atoms with Gasteiger partial charge in [-0.1, -0.05) is 76.3 Å². The van der Waals surface area contributed by atoms with Gasteiger partial charge >= 0.3 is 0 Å². The van der Waals surface area contributed by atoms with Crippen molar-refractivity contribution in [3.8, 4) is 0 Å². The Balaban J connectivity index is 1.34. The maximum absolute atomic E-state index is 13.4. The zero-order chi connectivity index (χ0) is 23.7. The lowest BCUT2D eigenvalue weighted by Gasteiger charge is -2.43. The molecule has 3 atom stereocenters. The number of likely N-dealkylation sites (tertiary alicyclic amines) is 1. The summed E-state index contributed by atoms with van der Waals surface area (Å²) >= 11 is 10.7. The van der Waals surface area contributed by atoms with Crippen molar-refractivity contribution in [3.63, 3.8) is 0 Å². The number of nitrogens with one attached hydrogen (secondary N) is 1. The molecule has 1 saturated heterocycles. The fourth-order valence-electron chi connectivity index (χ4n) is 4.86. The van der Waals surface area contributed by atoms with Crippen LogP contribution in [0.3, 0.4) is 0 Å². The largest absolute Gasteiger partial charge is 0.356 e. The third kappa shape index (κ3) is 4.99. The Morgan fingerprint density at radius 1 is 1.00 bits per heavy atom. The van der Waals surface area contributed by atoms with E-state index in [4.69, 9.17) is 12.2 Å². The van der Waals surface area contributed by atoms with E-state index < -0.39 is 5.25 Å². The number of benzene rings is 2. The molecule has 0 spiro atoms. The number of anilines is 1. The molecular weight excluding hydrogens is 530 g/mol. The topological polar surface area (TPSA) is 54.3 Å². The minimum absolute atomic E-state index is 0.0753. The third-order valence-corrected chi connectivity index (χ3v) is 8.67. The maximum atomic E-state index is 13.4. The van der Waals surface area contributed by atoms with Gasteiger partial charge in [0.2, 0.25) is 5.91 Å². The minimum Gasteiger partial charge on any atom is -0.356 e. The zero-order valence-electron chi connectivity index (χ0n) is 18.4. The molecule has 3 heterocycles. The number of piperidine rings is 1. The third-order valence-electron chi connectivity index (χ3n) is 6.41. The van der Waals surface area contributed by atoms with Crippen LogP contribution in [0.2, 0.25) is 0 Å². The van der Waals surface area contributed by atoms with Crippen molar-refractivity contribution >= 4 is 55.8 Å². The highest BCUT2D eigenvalue weighted by Crippen LogP contribution is 2.39. The van der Waals surface area contributed by atoms with Gasteiger partial charge in [-0.15, -0.1) is 0 Å². The van der Waals surface area contributed by atoms with Gasteiger partial charge in [0.25, 0.3) is 5.56 Å². The molecule has 0 radical (unpaired) electrons. The normalized spacial score (nSPS) is 19.7. The van der Waals surface area contributed by atoms with E-state index in [1.165, 1.54) is 11.8 Å². The zero-order valence-corrected chi connectivity index (χ0v) is 21.6. The molecule has 1 N–H and O–H groups in total. The lowest BCUT2D eigenvalue weighted by molar-refractivity contribution is -0.115. The van der Waals surface area contributed by atoms with Gasteiger partial charge in [-0.25, -0.2) is 0 Å². The van der Waals surface area contributed by atoms with Gasteiger partial charge in [0.1, 0.15) is 9.57 Å². The Hall–Kier alpha value is -2.42. The number of thiocarbonyl (C=S) groups is 1. The van der Waals surface area contributed by atoms with Crippen molar-refractivity contribution in [1.29, 1.82) is 0 Å². The van der Waals surface area contributed by atoms with Crippen LogP contribution < -0.4 is 10.9 Å². The standard InChI is InChI=1S/C26H24BrN3O2S2/c27-20-9-11-21(12-10-20)28-25(32)24(18-5-2-1-3-6-18)34-26(33)29-14-17-13-19(16-29)22-7-4-8-23(31)30(22)15-17/h1-12,17,19,24H,13-16H2,(H,28,32)/t17-,19+,24+/m1/s1. The summed E-state index contributed by atoms with van der Waals surface area (Å²) in [5.74, 6) is 0.540. The molecule has 2 aliphatic heterocycles. The molecular formula is C26H24BrN3O2S2. The van der Waals surface area contributed by atoms with Crippen LogP contribution in [-0.4, -0.2) is 32.8 Å². The molecule has 2 aromatic carbocycles. The number of thioether (sulfide) groups is 1. The Labute approximate surface area is 216 Å². The summed E-state index contributed by atoms with van der Waals surface area (Å²) in [6.45, 7) is 2.29. The van der Waals surface area contributed by atoms with Crippen LogP contribution in [0.4, 0.5) is 5.69 Å². The molecule has 2 aliphatic rings. The van der Waals surface area contributed by atoms with E-state index in [2.05, 4.69) is 32.2 Å². The van der Waals surface area contributed by atoms with Crippen LogP contribution in [0.1, 0.15) is 28.8 Å². The molecule has 5 nitrogen and oxygen atoms in total. The Kier molecular flexibility index (Phi) is 6.90. The molecule has 8 heteroatoms. The van der Waals surface area contributed by atoms with Gasteiger partial charge in [-0.2, -0.15) is 0 Å². The van der Waals surface area contributed by atoms with E-state index in [0.29, 0.717) is 5.92 Å². The van der Waals surface area contributed by atoms with E-state index in [9.17, 15) is 9.59 Å². The van der Waals surface area contributed by atoms with E-state index in [1.54, 1.807) is 6.07 Å². The summed E-state index contributed by atoms with van der Waals surface area (Å²) in [6, 6.07) is 22.9. The Morgan fingerprint density at radius 3 is 2.53 bits per heavy atom. The molecule has 34 heavy (non-hydrogen) atoms. The first-order valence-electron chi connectivity index (χ1n) is 11.2. The number of pyridine rings is 1. The van der Waals surface area contributed by atoms with Crippen molar-refractivity contribution in [1.82, 2.24) is 9.47 Å². The summed E-state index contributed by atoms with van der Waals surface area (Å²) < 4.78 is 3.60. The van der Waals surface area contributed by atoms with Crippen LogP contribution in [0.25, 0.3) is 0 Å². The van der Waals surface area contributed by atoms with E-state index in [0.717, 1.165) is 51.8 Å². The summed E-state index contributed by atoms with van der Waals surface area (Å²) in [6.07, 6.45) is 1.07. The molecule has 2 bridgehead atoms. The van der Waals surface area contributed by atoms with Crippen LogP contribution in [0.5, 0.6) is 0 Å². The summed E-state index contributed by atoms with van der Waals surface area (Å²) in [5.41, 5.74) is 2.83. The van der Waals surface area contributed by atoms with E-state index >= 15 is 0 Å². The summed E-state index contributed by atoms with van der Waals surface area (Å²) in [4.78, 5) is 27.9. The van der Waals surface area contributed by atoms with Gasteiger partial charge in [0, 0.05) is 47.5 Å². The number of aromatic nitrogens is 1. The predicted octanol–water partition coefficient (Wildman–Crippen LogP) is 5.43. The summed E-state index contributed by atoms with van der Waals surface area (Å²) in [5, 5.41) is 2.57. The first-order chi connectivity index (χ1) is 16.5. The molecule has 0 saturated carbocycles. The lowest BCUT2D eigenvalue weighted by Crippen LogP contribution is -2.48. The first kappa shape index (κ1) is 23.3. The molecule has 0 unspecified atom stereocenters. The number of amides is 1. The fourth-order valence-corrected chi connectivity index (χ4v) is 6.52. The predicted molar refractivity (Wildman–Crippen MR) is 145 cm³/mol. The number of hydrogen-bond donors (Lipinski definition) is 1. The van der Waals surface area contributed by atoms with E-state index in [1.807, 2.05) is 65.2 Å². The van der Waals surface area contributed by atoms with Crippen LogP contribution in [0.15, 0.2) is 82.1 Å². The molecule has 1 aromatic heterocycles. The number of hydrogen-bond acceptors (Lipinski definition) is 4. The summed E-state index contributed by atoms with van der Waals surface area (Å²) in [7, 11) is 0. The van der Waals surface area contributed by atoms with Gasteiger partial charge < -0.3 is 14.8 Å². The van der Waals surface area contributed by atoms with Crippen LogP contribution in [-0.2, 0) is 11.3 Å². The number of carbonyl (C=O) groups excluding carboxylic acids is 1. The first-order valence-corrected chi connectivity index (χ1v) is 13.3. The van der Waals surface area contributed by atoms with Crippen LogP contribution >= 0.6 is 39.9 Å². The smallest absolute Gasteiger partial charge is 0.250 e. The molecule has 1 fully saturated rings. The minimum atomic E-state index is -0.464. The highest BCUT2D eigenvalue weighted by atomic mass is 79.9. The number of fused-ring (bicyclic) bond motifs is 4. The number of rotatable bonds is 4. The average Bonchev–Trinajstić information content (AvgIpc) is 2.85. The van der Waals surface area contributed by atoms with Gasteiger partial charge in [0.05, 0.1) is 0 Å². The number of carbonyl (C=O) groups is 1. The van der Waals surface area contributed by atoms with Crippen molar-refractivity contribution in [2.75, 3.05) is 18.4 Å². The Morgan fingerprint density at radius 2 is 1.76 bits per heavy atom. The molecule has 3 aromatic rings. The quantitative estimate of drug-likeness (QED) is 0.436. The average molecular weight is 555 g/mol.